The molecule has 0 spiro atoms. The van der Waals surface area contributed by atoms with E-state index in [2.05, 4.69) is 0 Å². The molecule has 2 N–H and O–H groups in total. The van der Waals surface area contributed by atoms with Crippen molar-refractivity contribution < 1.29 is 19.4 Å². The van der Waals surface area contributed by atoms with E-state index in [1.54, 1.807) is 24.3 Å². The second kappa shape index (κ2) is 4.90. The molecule has 0 radical (unpaired) electrons. The van der Waals surface area contributed by atoms with Gasteiger partial charge in [0, 0.05) is 10.9 Å². The van der Waals surface area contributed by atoms with Gasteiger partial charge in [-0.15, -0.1) is 0 Å². The normalized spacial score (nSPS) is 10.7. The van der Waals surface area contributed by atoms with Crippen LogP contribution in [0.5, 0.6) is 5.75 Å². The highest BCUT2D eigenvalue weighted by Gasteiger charge is 2.10. The SMILES string of the molecule is O=C(O)c1ccc(-c2ccc3cc(O)ccc3c2F)cc1. The summed E-state index contributed by atoms with van der Waals surface area (Å²) in [6.07, 6.45) is 0. The van der Waals surface area contributed by atoms with Crippen molar-refractivity contribution in [3.05, 3.63) is 66.0 Å². The number of hydrogen-bond acceptors (Lipinski definition) is 2. The van der Waals surface area contributed by atoms with Gasteiger partial charge in [-0.2, -0.15) is 0 Å². The highest BCUT2D eigenvalue weighted by atomic mass is 19.1. The minimum Gasteiger partial charge on any atom is -0.508 e. The maximum absolute atomic E-state index is 14.5. The summed E-state index contributed by atoms with van der Waals surface area (Å²) in [5.74, 6) is -1.33. The van der Waals surface area contributed by atoms with Crippen LogP contribution in [0.1, 0.15) is 10.4 Å². The maximum Gasteiger partial charge on any atom is 0.335 e. The van der Waals surface area contributed by atoms with E-state index in [1.807, 2.05) is 0 Å². The number of carboxylic acids is 1. The zero-order valence-electron chi connectivity index (χ0n) is 10.9. The van der Waals surface area contributed by atoms with Crippen molar-refractivity contribution in [3.63, 3.8) is 0 Å². The number of phenols is 1. The third kappa shape index (κ3) is 2.31. The van der Waals surface area contributed by atoms with Crippen LogP contribution in [0.2, 0.25) is 0 Å². The molecular formula is C17H11FO3. The molecule has 3 aromatic carbocycles. The standard InChI is InChI=1S/C17H11FO3/c18-16-14(10-1-3-11(4-2-10)17(20)21)7-5-12-9-13(19)6-8-15(12)16/h1-9,19H,(H,20,21). The largest absolute Gasteiger partial charge is 0.508 e. The first-order chi connectivity index (χ1) is 10.1. The molecule has 0 saturated heterocycles. The molecule has 21 heavy (non-hydrogen) atoms. The van der Waals surface area contributed by atoms with Gasteiger partial charge in [0.25, 0.3) is 0 Å². The van der Waals surface area contributed by atoms with Gasteiger partial charge in [-0.1, -0.05) is 24.3 Å². The first kappa shape index (κ1) is 13.1. The molecule has 3 nitrogen and oxygen atoms in total. The van der Waals surface area contributed by atoms with Gasteiger partial charge in [0.05, 0.1) is 5.56 Å². The highest BCUT2D eigenvalue weighted by molar-refractivity contribution is 5.91. The minimum atomic E-state index is -1.02. The predicted octanol–water partition coefficient (Wildman–Crippen LogP) is 4.05. The van der Waals surface area contributed by atoms with Crippen molar-refractivity contribution in [1.29, 1.82) is 0 Å². The fourth-order valence-corrected chi connectivity index (χ4v) is 2.29. The van der Waals surface area contributed by atoms with E-state index < -0.39 is 11.8 Å². The van der Waals surface area contributed by atoms with Gasteiger partial charge in [0.2, 0.25) is 0 Å². The first-order valence-electron chi connectivity index (χ1n) is 6.31. The highest BCUT2D eigenvalue weighted by Crippen LogP contribution is 2.30. The summed E-state index contributed by atoms with van der Waals surface area (Å²) in [6.45, 7) is 0. The van der Waals surface area contributed by atoms with Gasteiger partial charge >= 0.3 is 5.97 Å². The minimum absolute atomic E-state index is 0.0838. The lowest BCUT2D eigenvalue weighted by molar-refractivity contribution is 0.0697. The number of carbonyl (C=O) groups is 1. The lowest BCUT2D eigenvalue weighted by atomic mass is 9.99. The monoisotopic (exact) mass is 282 g/mol. The van der Waals surface area contributed by atoms with Gasteiger partial charge in [0.15, 0.2) is 0 Å². The summed E-state index contributed by atoms with van der Waals surface area (Å²) >= 11 is 0. The Morgan fingerprint density at radius 1 is 0.952 bits per heavy atom. The van der Waals surface area contributed by atoms with E-state index in [-0.39, 0.29) is 11.3 Å². The van der Waals surface area contributed by atoms with Crippen LogP contribution in [0.25, 0.3) is 21.9 Å². The van der Waals surface area contributed by atoms with Crippen LogP contribution in [0.3, 0.4) is 0 Å². The summed E-state index contributed by atoms with van der Waals surface area (Å²) < 4.78 is 14.5. The van der Waals surface area contributed by atoms with Gasteiger partial charge in [-0.05, 0) is 41.3 Å². The number of rotatable bonds is 2. The Morgan fingerprint density at radius 2 is 1.67 bits per heavy atom. The molecule has 0 amide bonds. The molecule has 3 aromatic rings. The molecule has 0 unspecified atom stereocenters. The lowest BCUT2D eigenvalue weighted by Gasteiger charge is -2.08. The fraction of sp³-hybridized carbons (Fsp3) is 0. The quantitative estimate of drug-likeness (QED) is 0.745. The summed E-state index contributed by atoms with van der Waals surface area (Å²) in [5.41, 5.74) is 1.16. The van der Waals surface area contributed by atoms with Crippen LogP contribution >= 0.6 is 0 Å². The molecule has 0 heterocycles. The van der Waals surface area contributed by atoms with E-state index in [0.717, 1.165) is 0 Å². The van der Waals surface area contributed by atoms with Crippen molar-refractivity contribution in [2.45, 2.75) is 0 Å². The van der Waals surface area contributed by atoms with Crippen LogP contribution in [0.4, 0.5) is 4.39 Å². The number of phenolic OH excluding ortho intramolecular Hbond substituents is 1. The summed E-state index contributed by atoms with van der Waals surface area (Å²) in [5, 5.41) is 19.3. The zero-order valence-corrected chi connectivity index (χ0v) is 10.9. The molecule has 0 fully saturated rings. The number of aromatic carboxylic acids is 1. The van der Waals surface area contributed by atoms with E-state index in [1.165, 1.54) is 30.3 Å². The Labute approximate surface area is 119 Å². The van der Waals surface area contributed by atoms with Crippen LogP contribution in [0.15, 0.2) is 54.6 Å². The number of aromatic hydroxyl groups is 1. The van der Waals surface area contributed by atoms with Crippen molar-refractivity contribution >= 4 is 16.7 Å². The van der Waals surface area contributed by atoms with E-state index in [9.17, 15) is 14.3 Å². The smallest absolute Gasteiger partial charge is 0.335 e. The average molecular weight is 282 g/mol. The Balaban J connectivity index is 2.14. The Morgan fingerprint density at radius 3 is 2.33 bits per heavy atom. The van der Waals surface area contributed by atoms with Gasteiger partial charge < -0.3 is 10.2 Å². The zero-order chi connectivity index (χ0) is 15.0. The molecule has 0 saturated carbocycles. The second-order valence-electron chi connectivity index (χ2n) is 4.72. The lowest BCUT2D eigenvalue weighted by Crippen LogP contribution is -1.95. The third-order valence-corrected chi connectivity index (χ3v) is 3.38. The summed E-state index contributed by atoms with van der Waals surface area (Å²) in [6, 6.07) is 13.8. The van der Waals surface area contributed by atoms with Crippen LogP contribution in [-0.4, -0.2) is 16.2 Å². The van der Waals surface area contributed by atoms with Crippen LogP contribution in [-0.2, 0) is 0 Å². The van der Waals surface area contributed by atoms with Crippen LogP contribution in [0, 0.1) is 5.82 Å². The van der Waals surface area contributed by atoms with E-state index >= 15 is 0 Å². The number of hydrogen-bond donors (Lipinski definition) is 2. The van der Waals surface area contributed by atoms with Gasteiger partial charge in [0.1, 0.15) is 11.6 Å². The Bertz CT molecular complexity index is 839. The Kier molecular flexibility index (Phi) is 3.06. The molecule has 0 aromatic heterocycles. The predicted molar refractivity (Wildman–Crippen MR) is 78.0 cm³/mol. The van der Waals surface area contributed by atoms with Crippen molar-refractivity contribution in [3.8, 4) is 16.9 Å². The summed E-state index contributed by atoms with van der Waals surface area (Å²) in [7, 11) is 0. The number of carboxylic acid groups (broad SMARTS) is 1. The molecular weight excluding hydrogens is 271 g/mol. The summed E-state index contributed by atoms with van der Waals surface area (Å²) in [4.78, 5) is 10.8. The molecule has 3 rings (SSSR count). The molecule has 0 aliphatic heterocycles. The number of benzene rings is 3. The van der Waals surface area contributed by atoms with Crippen LogP contribution < -0.4 is 0 Å². The van der Waals surface area contributed by atoms with Crippen molar-refractivity contribution in [2.24, 2.45) is 0 Å². The Hall–Kier alpha value is -2.88. The third-order valence-electron chi connectivity index (χ3n) is 3.38. The number of halogens is 1. The van der Waals surface area contributed by atoms with Gasteiger partial charge in [-0.3, -0.25) is 0 Å². The van der Waals surface area contributed by atoms with Gasteiger partial charge in [-0.25, -0.2) is 9.18 Å². The van der Waals surface area contributed by atoms with E-state index in [4.69, 9.17) is 5.11 Å². The molecule has 0 aliphatic carbocycles. The fourth-order valence-electron chi connectivity index (χ4n) is 2.29. The molecule has 104 valence electrons. The number of fused-ring (bicyclic) bond motifs is 1. The second-order valence-corrected chi connectivity index (χ2v) is 4.72. The average Bonchev–Trinajstić information content (AvgIpc) is 2.47. The van der Waals surface area contributed by atoms with Crippen molar-refractivity contribution in [2.75, 3.05) is 0 Å². The molecule has 0 atom stereocenters. The van der Waals surface area contributed by atoms with E-state index in [0.29, 0.717) is 21.9 Å². The van der Waals surface area contributed by atoms with Crippen molar-refractivity contribution in [1.82, 2.24) is 0 Å². The first-order valence-corrected chi connectivity index (χ1v) is 6.31. The maximum atomic E-state index is 14.5. The topological polar surface area (TPSA) is 57.5 Å². The molecule has 4 heteroatoms. The molecule has 0 aliphatic rings. The molecule has 0 bridgehead atoms.